The molecule has 0 aromatic heterocycles. The molecule has 0 saturated heterocycles. The van der Waals surface area contributed by atoms with Gasteiger partial charge in [-0.2, -0.15) is 0 Å². The summed E-state index contributed by atoms with van der Waals surface area (Å²) >= 11 is 6.03. The molecular weight excluding hydrogens is 234 g/mol. The highest BCUT2D eigenvalue weighted by atomic mass is 35.5. The van der Waals surface area contributed by atoms with Crippen molar-refractivity contribution in [2.45, 2.75) is 44.8 Å². The van der Waals surface area contributed by atoms with Crippen molar-refractivity contribution < 1.29 is 4.74 Å². The molecule has 2 rings (SSSR count). The van der Waals surface area contributed by atoms with E-state index in [4.69, 9.17) is 16.3 Å². The van der Waals surface area contributed by atoms with Crippen molar-refractivity contribution >= 4 is 17.3 Å². The smallest absolute Gasteiger partial charge is 0.0772 e. The maximum atomic E-state index is 6.03. The van der Waals surface area contributed by atoms with E-state index < -0.39 is 0 Å². The zero-order chi connectivity index (χ0) is 12.3. The third-order valence-corrected chi connectivity index (χ3v) is 3.78. The number of benzene rings is 1. The molecule has 0 spiro atoms. The van der Waals surface area contributed by atoms with E-state index in [1.165, 1.54) is 24.8 Å². The fourth-order valence-electron chi connectivity index (χ4n) is 2.49. The predicted molar refractivity (Wildman–Crippen MR) is 72.9 cm³/mol. The van der Waals surface area contributed by atoms with Gasteiger partial charge in [-0.1, -0.05) is 30.5 Å². The molecule has 2 atom stereocenters. The van der Waals surface area contributed by atoms with Crippen molar-refractivity contribution in [3.8, 4) is 0 Å². The third kappa shape index (κ3) is 3.14. The average molecular weight is 254 g/mol. The van der Waals surface area contributed by atoms with Crippen LogP contribution in [0.1, 0.15) is 31.2 Å². The second-order valence-electron chi connectivity index (χ2n) is 4.77. The predicted octanol–water partition coefficient (Wildman–Crippen LogP) is 4.02. The van der Waals surface area contributed by atoms with Gasteiger partial charge in [-0.05, 0) is 37.5 Å². The third-order valence-electron chi connectivity index (χ3n) is 3.55. The van der Waals surface area contributed by atoms with Gasteiger partial charge in [0.05, 0.1) is 12.1 Å². The van der Waals surface area contributed by atoms with Crippen LogP contribution in [0.25, 0.3) is 0 Å². The zero-order valence-corrected chi connectivity index (χ0v) is 11.3. The van der Waals surface area contributed by atoms with Crippen molar-refractivity contribution in [2.24, 2.45) is 0 Å². The van der Waals surface area contributed by atoms with E-state index in [-0.39, 0.29) is 0 Å². The minimum atomic E-state index is 0.321. The van der Waals surface area contributed by atoms with E-state index in [9.17, 15) is 0 Å². The fraction of sp³-hybridized carbons (Fsp3) is 0.571. The molecule has 2 nitrogen and oxygen atoms in total. The maximum absolute atomic E-state index is 6.03. The van der Waals surface area contributed by atoms with Gasteiger partial charge in [-0.25, -0.2) is 0 Å². The summed E-state index contributed by atoms with van der Waals surface area (Å²) in [4.78, 5) is 0. The second kappa shape index (κ2) is 5.74. The number of hydrogen-bond acceptors (Lipinski definition) is 2. The molecule has 1 aliphatic rings. The Balaban J connectivity index is 2.10. The molecule has 0 heterocycles. The number of methoxy groups -OCH3 is 1. The normalized spacial score (nSPS) is 24.6. The van der Waals surface area contributed by atoms with Crippen LogP contribution >= 0.6 is 11.6 Å². The maximum Gasteiger partial charge on any atom is 0.0772 e. The molecule has 1 aromatic rings. The number of halogens is 1. The minimum absolute atomic E-state index is 0.321. The number of anilines is 1. The summed E-state index contributed by atoms with van der Waals surface area (Å²) in [6, 6.07) is 6.38. The highest BCUT2D eigenvalue weighted by Gasteiger charge is 2.24. The molecular formula is C14H20ClNO. The highest BCUT2D eigenvalue weighted by molar-refractivity contribution is 6.30. The zero-order valence-electron chi connectivity index (χ0n) is 10.5. The average Bonchev–Trinajstić information content (AvgIpc) is 2.34. The molecule has 0 amide bonds. The SMILES string of the molecule is COC1CCCCC1Nc1cc(Cl)ccc1C. The van der Waals surface area contributed by atoms with E-state index >= 15 is 0 Å². The fourth-order valence-corrected chi connectivity index (χ4v) is 2.67. The van der Waals surface area contributed by atoms with Gasteiger partial charge in [0.25, 0.3) is 0 Å². The lowest BCUT2D eigenvalue weighted by Crippen LogP contribution is -2.37. The van der Waals surface area contributed by atoms with Crippen molar-refractivity contribution in [1.82, 2.24) is 0 Å². The first-order valence-electron chi connectivity index (χ1n) is 6.26. The molecule has 1 aromatic carbocycles. The largest absolute Gasteiger partial charge is 0.379 e. The van der Waals surface area contributed by atoms with E-state index in [2.05, 4.69) is 18.3 Å². The van der Waals surface area contributed by atoms with E-state index in [0.717, 1.165) is 17.1 Å². The van der Waals surface area contributed by atoms with Gasteiger partial charge in [0, 0.05) is 17.8 Å². The Hall–Kier alpha value is -0.730. The first kappa shape index (κ1) is 12.7. The summed E-state index contributed by atoms with van der Waals surface area (Å²) < 4.78 is 5.55. The molecule has 1 fully saturated rings. The number of hydrogen-bond donors (Lipinski definition) is 1. The van der Waals surface area contributed by atoms with Crippen molar-refractivity contribution in [2.75, 3.05) is 12.4 Å². The Bertz CT molecular complexity index is 380. The monoisotopic (exact) mass is 253 g/mol. The van der Waals surface area contributed by atoms with Crippen molar-refractivity contribution in [3.05, 3.63) is 28.8 Å². The lowest BCUT2D eigenvalue weighted by molar-refractivity contribution is 0.0606. The van der Waals surface area contributed by atoms with Gasteiger partial charge in [0.15, 0.2) is 0 Å². The second-order valence-corrected chi connectivity index (χ2v) is 5.21. The lowest BCUT2D eigenvalue weighted by Gasteiger charge is -2.32. The molecule has 94 valence electrons. The van der Waals surface area contributed by atoms with Crippen LogP contribution in [0.2, 0.25) is 5.02 Å². The van der Waals surface area contributed by atoms with Crippen LogP contribution < -0.4 is 5.32 Å². The minimum Gasteiger partial charge on any atom is -0.379 e. The van der Waals surface area contributed by atoms with E-state index in [0.29, 0.717) is 12.1 Å². The molecule has 0 radical (unpaired) electrons. The Morgan fingerprint density at radius 2 is 2.06 bits per heavy atom. The van der Waals surface area contributed by atoms with E-state index in [1.54, 1.807) is 7.11 Å². The van der Waals surface area contributed by atoms with Crippen LogP contribution in [0.5, 0.6) is 0 Å². The molecule has 1 saturated carbocycles. The van der Waals surface area contributed by atoms with E-state index in [1.807, 2.05) is 12.1 Å². The molecule has 3 heteroatoms. The summed E-state index contributed by atoms with van der Waals surface area (Å²) in [6.45, 7) is 2.10. The summed E-state index contributed by atoms with van der Waals surface area (Å²) in [5.74, 6) is 0. The lowest BCUT2D eigenvalue weighted by atomic mass is 9.92. The molecule has 0 bridgehead atoms. The molecule has 2 unspecified atom stereocenters. The van der Waals surface area contributed by atoms with Crippen molar-refractivity contribution in [3.63, 3.8) is 0 Å². The van der Waals surface area contributed by atoms with Crippen LogP contribution in [0.15, 0.2) is 18.2 Å². The van der Waals surface area contributed by atoms with Crippen LogP contribution in [-0.2, 0) is 4.74 Å². The Morgan fingerprint density at radius 1 is 1.29 bits per heavy atom. The Kier molecular flexibility index (Phi) is 4.30. The quantitative estimate of drug-likeness (QED) is 0.879. The van der Waals surface area contributed by atoms with Gasteiger partial charge in [-0.15, -0.1) is 0 Å². The topological polar surface area (TPSA) is 21.3 Å². The Morgan fingerprint density at radius 3 is 2.82 bits per heavy atom. The van der Waals surface area contributed by atoms with Gasteiger partial charge >= 0.3 is 0 Å². The highest BCUT2D eigenvalue weighted by Crippen LogP contribution is 2.27. The first-order valence-corrected chi connectivity index (χ1v) is 6.64. The number of aryl methyl sites for hydroxylation is 1. The van der Waals surface area contributed by atoms with Gasteiger partial charge in [-0.3, -0.25) is 0 Å². The molecule has 1 N–H and O–H groups in total. The van der Waals surface area contributed by atoms with Crippen LogP contribution in [-0.4, -0.2) is 19.3 Å². The first-order chi connectivity index (χ1) is 8.20. The molecule has 0 aliphatic heterocycles. The standard InChI is InChI=1S/C14H20ClNO/c1-10-7-8-11(15)9-13(10)16-12-5-3-4-6-14(12)17-2/h7-9,12,14,16H,3-6H2,1-2H3. The molecule has 17 heavy (non-hydrogen) atoms. The van der Waals surface area contributed by atoms with Gasteiger partial charge in [0.2, 0.25) is 0 Å². The van der Waals surface area contributed by atoms with Crippen LogP contribution in [0.3, 0.4) is 0 Å². The van der Waals surface area contributed by atoms with Crippen LogP contribution in [0.4, 0.5) is 5.69 Å². The molecule has 1 aliphatic carbocycles. The van der Waals surface area contributed by atoms with Crippen LogP contribution in [0, 0.1) is 6.92 Å². The van der Waals surface area contributed by atoms with Crippen molar-refractivity contribution in [1.29, 1.82) is 0 Å². The number of rotatable bonds is 3. The van der Waals surface area contributed by atoms with Gasteiger partial charge in [0.1, 0.15) is 0 Å². The summed E-state index contributed by atoms with van der Waals surface area (Å²) in [5.41, 5.74) is 2.36. The number of ether oxygens (including phenoxy) is 1. The Labute approximate surface area is 108 Å². The van der Waals surface area contributed by atoms with Gasteiger partial charge < -0.3 is 10.1 Å². The summed E-state index contributed by atoms with van der Waals surface area (Å²) in [6.07, 6.45) is 5.18. The number of nitrogens with one attached hydrogen (secondary N) is 1. The summed E-state index contributed by atoms with van der Waals surface area (Å²) in [5, 5.41) is 4.36. The summed E-state index contributed by atoms with van der Waals surface area (Å²) in [7, 11) is 1.80.